The van der Waals surface area contributed by atoms with E-state index in [-0.39, 0.29) is 5.69 Å². The number of ether oxygens (including phenoxy) is 2. The van der Waals surface area contributed by atoms with E-state index < -0.39 is 5.97 Å². The molecule has 106 valence electrons. The molecule has 2 rings (SSSR count). The summed E-state index contributed by atoms with van der Waals surface area (Å²) >= 11 is 0. The van der Waals surface area contributed by atoms with Gasteiger partial charge in [0, 0.05) is 25.9 Å². The molecule has 0 bridgehead atoms. The maximum atomic E-state index is 11.7. The van der Waals surface area contributed by atoms with Crippen molar-refractivity contribution in [2.75, 3.05) is 20.8 Å². The molecule has 0 aliphatic heterocycles. The van der Waals surface area contributed by atoms with Gasteiger partial charge < -0.3 is 9.47 Å². The van der Waals surface area contributed by atoms with Crippen LogP contribution in [0.2, 0.25) is 0 Å². The van der Waals surface area contributed by atoms with E-state index in [0.717, 1.165) is 0 Å². The van der Waals surface area contributed by atoms with Crippen molar-refractivity contribution in [3.05, 3.63) is 35.7 Å². The number of hydrogen-bond donors (Lipinski definition) is 0. The number of carbonyl (C=O) groups is 1. The first-order valence-electron chi connectivity index (χ1n) is 6.01. The van der Waals surface area contributed by atoms with Crippen LogP contribution in [-0.2, 0) is 22.4 Å². The third kappa shape index (κ3) is 3.15. The summed E-state index contributed by atoms with van der Waals surface area (Å²) in [4.78, 5) is 19.9. The summed E-state index contributed by atoms with van der Waals surface area (Å²) in [6.45, 7) is 0.789. The minimum atomic E-state index is -0.517. The van der Waals surface area contributed by atoms with Gasteiger partial charge in [-0.2, -0.15) is 0 Å². The average Bonchev–Trinajstić information content (AvgIpc) is 2.88. The highest BCUT2D eigenvalue weighted by Gasteiger charge is 2.20. The van der Waals surface area contributed by atoms with Crippen LogP contribution in [0.25, 0.3) is 0 Å². The summed E-state index contributed by atoms with van der Waals surface area (Å²) < 4.78 is 11.3. The predicted molar refractivity (Wildman–Crippen MR) is 68.1 cm³/mol. The van der Waals surface area contributed by atoms with Crippen molar-refractivity contribution in [2.45, 2.75) is 13.0 Å². The molecular weight excluding hydrogens is 262 g/mol. The molecule has 0 atom stereocenters. The molecule has 0 unspecified atom stereocenters. The van der Waals surface area contributed by atoms with E-state index in [0.29, 0.717) is 31.1 Å². The summed E-state index contributed by atoms with van der Waals surface area (Å²) in [6.07, 6.45) is 3.80. The van der Waals surface area contributed by atoms with E-state index in [1.54, 1.807) is 30.3 Å². The topological polar surface area (TPSA) is 92.0 Å². The highest BCUT2D eigenvalue weighted by atomic mass is 16.5. The standard InChI is InChI=1S/C12H15N5O3/c1-19-7-4-9-11(12(18)20-2)15-16-17(9)8-10-13-5-3-6-14-10/h3,5-6H,4,7-8H2,1-2H3. The largest absolute Gasteiger partial charge is 0.464 e. The Morgan fingerprint density at radius 1 is 1.30 bits per heavy atom. The fraction of sp³-hybridized carbons (Fsp3) is 0.417. The van der Waals surface area contributed by atoms with Crippen LogP contribution in [0.1, 0.15) is 22.0 Å². The molecule has 0 N–H and O–H groups in total. The van der Waals surface area contributed by atoms with E-state index in [4.69, 9.17) is 9.47 Å². The zero-order valence-electron chi connectivity index (χ0n) is 11.3. The van der Waals surface area contributed by atoms with Gasteiger partial charge in [-0.1, -0.05) is 5.21 Å². The zero-order valence-corrected chi connectivity index (χ0v) is 11.3. The van der Waals surface area contributed by atoms with Gasteiger partial charge in [0.1, 0.15) is 12.4 Å². The lowest BCUT2D eigenvalue weighted by atomic mass is 10.2. The van der Waals surface area contributed by atoms with Crippen molar-refractivity contribution < 1.29 is 14.3 Å². The number of hydrogen-bond acceptors (Lipinski definition) is 7. The molecule has 0 aliphatic rings. The van der Waals surface area contributed by atoms with Crippen LogP contribution in [0, 0.1) is 0 Å². The van der Waals surface area contributed by atoms with Crippen LogP contribution >= 0.6 is 0 Å². The van der Waals surface area contributed by atoms with Gasteiger partial charge in [-0.3, -0.25) is 0 Å². The monoisotopic (exact) mass is 277 g/mol. The molecule has 20 heavy (non-hydrogen) atoms. The average molecular weight is 277 g/mol. The van der Waals surface area contributed by atoms with E-state index >= 15 is 0 Å². The van der Waals surface area contributed by atoms with Crippen molar-refractivity contribution in [1.29, 1.82) is 0 Å². The summed E-state index contributed by atoms with van der Waals surface area (Å²) in [5, 5.41) is 7.83. The molecule has 0 aromatic carbocycles. The first kappa shape index (κ1) is 14.1. The first-order chi connectivity index (χ1) is 9.76. The second kappa shape index (κ2) is 6.71. The van der Waals surface area contributed by atoms with Gasteiger partial charge in [-0.15, -0.1) is 5.10 Å². The van der Waals surface area contributed by atoms with Crippen LogP contribution in [-0.4, -0.2) is 51.8 Å². The van der Waals surface area contributed by atoms with Gasteiger partial charge >= 0.3 is 5.97 Å². The molecule has 0 saturated carbocycles. The van der Waals surface area contributed by atoms with Gasteiger partial charge in [-0.25, -0.2) is 19.4 Å². The van der Waals surface area contributed by atoms with Gasteiger partial charge in [0.2, 0.25) is 0 Å². The Hall–Kier alpha value is -2.35. The molecule has 8 heteroatoms. The summed E-state index contributed by atoms with van der Waals surface area (Å²) in [5.74, 6) is 0.0730. The maximum absolute atomic E-state index is 11.7. The molecule has 2 aromatic heterocycles. The Kier molecular flexibility index (Phi) is 4.72. The SMILES string of the molecule is COCCc1c(C(=O)OC)nnn1Cc1ncccn1. The Bertz CT molecular complexity index is 570. The van der Waals surface area contributed by atoms with Gasteiger partial charge in [0.25, 0.3) is 0 Å². The molecule has 2 heterocycles. The molecule has 0 saturated heterocycles. The first-order valence-corrected chi connectivity index (χ1v) is 6.01. The molecule has 0 amide bonds. The molecule has 8 nitrogen and oxygen atoms in total. The number of nitrogens with zero attached hydrogens (tertiary/aromatic N) is 5. The quantitative estimate of drug-likeness (QED) is 0.691. The van der Waals surface area contributed by atoms with Crippen LogP contribution in [0.3, 0.4) is 0 Å². The van der Waals surface area contributed by atoms with Crippen LogP contribution < -0.4 is 0 Å². The summed E-state index contributed by atoms with van der Waals surface area (Å²) in [5.41, 5.74) is 0.839. The lowest BCUT2D eigenvalue weighted by Crippen LogP contribution is -2.13. The number of methoxy groups -OCH3 is 2. The number of carbonyl (C=O) groups excluding carboxylic acids is 1. The van der Waals surface area contributed by atoms with Gasteiger partial charge in [0.05, 0.1) is 19.4 Å². The lowest BCUT2D eigenvalue weighted by Gasteiger charge is -2.06. The van der Waals surface area contributed by atoms with Crippen LogP contribution in [0.15, 0.2) is 18.5 Å². The second-order valence-corrected chi connectivity index (χ2v) is 3.94. The maximum Gasteiger partial charge on any atom is 0.360 e. The highest BCUT2D eigenvalue weighted by Crippen LogP contribution is 2.09. The van der Waals surface area contributed by atoms with E-state index in [1.807, 2.05) is 0 Å². The van der Waals surface area contributed by atoms with E-state index in [1.165, 1.54) is 7.11 Å². The minimum absolute atomic E-state index is 0.195. The fourth-order valence-electron chi connectivity index (χ4n) is 1.71. The molecule has 2 aromatic rings. The lowest BCUT2D eigenvalue weighted by molar-refractivity contribution is 0.0592. The Balaban J connectivity index is 2.27. The van der Waals surface area contributed by atoms with Crippen molar-refractivity contribution in [1.82, 2.24) is 25.0 Å². The third-order valence-electron chi connectivity index (χ3n) is 2.67. The molecular formula is C12H15N5O3. The van der Waals surface area contributed by atoms with Crippen molar-refractivity contribution in [3.63, 3.8) is 0 Å². The van der Waals surface area contributed by atoms with Gasteiger partial charge in [0.15, 0.2) is 5.69 Å². The second-order valence-electron chi connectivity index (χ2n) is 3.94. The molecule has 0 spiro atoms. The Morgan fingerprint density at radius 3 is 2.70 bits per heavy atom. The molecule has 0 radical (unpaired) electrons. The smallest absolute Gasteiger partial charge is 0.360 e. The number of aromatic nitrogens is 5. The zero-order chi connectivity index (χ0) is 14.4. The number of rotatable bonds is 6. The summed E-state index contributed by atoms with van der Waals surface area (Å²) in [6, 6.07) is 1.73. The minimum Gasteiger partial charge on any atom is -0.464 e. The van der Waals surface area contributed by atoms with E-state index in [9.17, 15) is 4.79 Å². The normalized spacial score (nSPS) is 10.5. The van der Waals surface area contributed by atoms with Crippen LogP contribution in [0.4, 0.5) is 0 Å². The highest BCUT2D eigenvalue weighted by molar-refractivity contribution is 5.88. The predicted octanol–water partition coefficient (Wildman–Crippen LogP) is 0.0919. The van der Waals surface area contributed by atoms with Crippen molar-refractivity contribution in [2.24, 2.45) is 0 Å². The fourth-order valence-corrected chi connectivity index (χ4v) is 1.71. The van der Waals surface area contributed by atoms with Crippen molar-refractivity contribution in [3.8, 4) is 0 Å². The molecule has 0 aliphatic carbocycles. The van der Waals surface area contributed by atoms with E-state index in [2.05, 4.69) is 20.3 Å². The number of esters is 1. The van der Waals surface area contributed by atoms with Crippen molar-refractivity contribution >= 4 is 5.97 Å². The Labute approximate surface area is 115 Å². The van der Waals surface area contributed by atoms with Gasteiger partial charge in [-0.05, 0) is 6.07 Å². The Morgan fingerprint density at radius 2 is 2.05 bits per heavy atom. The summed E-state index contributed by atoms with van der Waals surface area (Å²) in [7, 11) is 2.90. The molecule has 0 fully saturated rings. The third-order valence-corrected chi connectivity index (χ3v) is 2.67. The van der Waals surface area contributed by atoms with Crippen LogP contribution in [0.5, 0.6) is 0 Å².